The van der Waals surface area contributed by atoms with Crippen LogP contribution < -0.4 is 5.32 Å². The molecule has 27 heavy (non-hydrogen) atoms. The van der Waals surface area contributed by atoms with Gasteiger partial charge in [-0.2, -0.15) is 5.10 Å². The second-order valence-electron chi connectivity index (χ2n) is 6.56. The van der Waals surface area contributed by atoms with Crippen LogP contribution in [0.5, 0.6) is 0 Å². The quantitative estimate of drug-likeness (QED) is 0.515. The summed E-state index contributed by atoms with van der Waals surface area (Å²) in [5.74, 6) is -0.0961. The number of aryl methyl sites for hydroxylation is 2. The minimum Gasteiger partial charge on any atom is -0.345 e. The molecule has 0 fully saturated rings. The molecule has 0 spiro atoms. The standard InChI is InChI=1S/C23H25N3O/c1-4-26-16-22(18(3)25-26)17(2)24-23(27)21(20-13-9-6-10-14-20)15-19-11-7-5-8-12-19/h5-17H,4H2,1-3H3,(H,24,27)/b21-15-. The highest BCUT2D eigenvalue weighted by Gasteiger charge is 2.18. The smallest absolute Gasteiger partial charge is 0.252 e. The largest absolute Gasteiger partial charge is 0.345 e. The van der Waals surface area contributed by atoms with Crippen LogP contribution in [-0.4, -0.2) is 15.7 Å². The Morgan fingerprint density at radius 3 is 2.33 bits per heavy atom. The van der Waals surface area contributed by atoms with Gasteiger partial charge in [0.05, 0.1) is 11.7 Å². The number of carbonyl (C=O) groups excluding carboxylic acids is 1. The molecular weight excluding hydrogens is 334 g/mol. The molecule has 0 aliphatic carbocycles. The van der Waals surface area contributed by atoms with Crippen LogP contribution in [-0.2, 0) is 11.3 Å². The van der Waals surface area contributed by atoms with Crippen molar-refractivity contribution in [3.8, 4) is 0 Å². The maximum Gasteiger partial charge on any atom is 0.252 e. The van der Waals surface area contributed by atoms with Crippen LogP contribution in [0.4, 0.5) is 0 Å². The first-order chi connectivity index (χ1) is 13.1. The summed E-state index contributed by atoms with van der Waals surface area (Å²) in [6, 6.07) is 19.5. The molecule has 1 amide bonds. The fourth-order valence-corrected chi connectivity index (χ4v) is 3.09. The van der Waals surface area contributed by atoms with Gasteiger partial charge in [0, 0.05) is 23.9 Å². The normalized spacial score (nSPS) is 12.6. The summed E-state index contributed by atoms with van der Waals surface area (Å²) >= 11 is 0. The molecule has 1 heterocycles. The van der Waals surface area contributed by atoms with E-state index in [9.17, 15) is 4.79 Å². The second-order valence-corrected chi connectivity index (χ2v) is 6.56. The predicted molar refractivity (Wildman–Crippen MR) is 110 cm³/mol. The molecule has 2 aromatic carbocycles. The van der Waals surface area contributed by atoms with Gasteiger partial charge in [-0.05, 0) is 38.0 Å². The summed E-state index contributed by atoms with van der Waals surface area (Å²) in [7, 11) is 0. The zero-order valence-electron chi connectivity index (χ0n) is 16.0. The highest BCUT2D eigenvalue weighted by atomic mass is 16.1. The molecule has 4 nitrogen and oxygen atoms in total. The zero-order chi connectivity index (χ0) is 19.2. The van der Waals surface area contributed by atoms with Crippen LogP contribution in [0.2, 0.25) is 0 Å². The van der Waals surface area contributed by atoms with Gasteiger partial charge in [-0.15, -0.1) is 0 Å². The van der Waals surface area contributed by atoms with Gasteiger partial charge in [0.2, 0.25) is 0 Å². The first-order valence-electron chi connectivity index (χ1n) is 9.25. The van der Waals surface area contributed by atoms with Crippen molar-refractivity contribution in [2.75, 3.05) is 0 Å². The summed E-state index contributed by atoms with van der Waals surface area (Å²) in [5, 5.41) is 7.61. The van der Waals surface area contributed by atoms with Gasteiger partial charge in [-0.25, -0.2) is 0 Å². The van der Waals surface area contributed by atoms with Crippen LogP contribution in [0.1, 0.15) is 42.3 Å². The van der Waals surface area contributed by atoms with E-state index in [1.54, 1.807) is 0 Å². The highest BCUT2D eigenvalue weighted by Crippen LogP contribution is 2.22. The Morgan fingerprint density at radius 1 is 1.11 bits per heavy atom. The number of aromatic nitrogens is 2. The fraction of sp³-hybridized carbons (Fsp3) is 0.217. The molecule has 0 radical (unpaired) electrons. The first-order valence-corrected chi connectivity index (χ1v) is 9.25. The first kappa shape index (κ1) is 18.6. The molecule has 0 aliphatic heterocycles. The number of nitrogens with one attached hydrogen (secondary N) is 1. The molecule has 3 aromatic rings. The van der Waals surface area contributed by atoms with Gasteiger partial charge < -0.3 is 5.32 Å². The minimum atomic E-state index is -0.124. The maximum absolute atomic E-state index is 13.1. The molecule has 1 atom stereocenters. The monoisotopic (exact) mass is 359 g/mol. The molecule has 1 N–H and O–H groups in total. The topological polar surface area (TPSA) is 46.9 Å². The SMILES string of the molecule is CCn1cc(C(C)NC(=O)/C(=C\c2ccccc2)c2ccccc2)c(C)n1. The molecular formula is C23H25N3O. The number of amides is 1. The Kier molecular flexibility index (Phi) is 5.87. The van der Waals surface area contributed by atoms with E-state index in [4.69, 9.17) is 0 Å². The third kappa shape index (κ3) is 4.53. The van der Waals surface area contributed by atoms with E-state index >= 15 is 0 Å². The van der Waals surface area contributed by atoms with E-state index in [-0.39, 0.29) is 11.9 Å². The third-order valence-corrected chi connectivity index (χ3v) is 4.56. The molecule has 1 unspecified atom stereocenters. The van der Waals surface area contributed by atoms with E-state index in [0.29, 0.717) is 5.57 Å². The molecule has 1 aromatic heterocycles. The Labute approximate surface area is 160 Å². The number of carbonyl (C=O) groups is 1. The fourth-order valence-electron chi connectivity index (χ4n) is 3.09. The molecule has 138 valence electrons. The van der Waals surface area contributed by atoms with Crippen molar-refractivity contribution in [2.45, 2.75) is 33.4 Å². The highest BCUT2D eigenvalue weighted by molar-refractivity contribution is 6.24. The summed E-state index contributed by atoms with van der Waals surface area (Å²) in [6.45, 7) is 6.83. The third-order valence-electron chi connectivity index (χ3n) is 4.56. The zero-order valence-corrected chi connectivity index (χ0v) is 16.0. The molecule has 0 saturated carbocycles. The summed E-state index contributed by atoms with van der Waals surface area (Å²) in [4.78, 5) is 13.1. The summed E-state index contributed by atoms with van der Waals surface area (Å²) in [5.41, 5.74) is 4.52. The lowest BCUT2D eigenvalue weighted by atomic mass is 10.0. The van der Waals surface area contributed by atoms with Crippen molar-refractivity contribution in [2.24, 2.45) is 0 Å². The Balaban J connectivity index is 1.89. The molecule has 3 rings (SSSR count). The molecule has 0 bridgehead atoms. The van der Waals surface area contributed by atoms with Gasteiger partial charge in [0.1, 0.15) is 0 Å². The van der Waals surface area contributed by atoms with E-state index in [1.165, 1.54) is 0 Å². The van der Waals surface area contributed by atoms with Crippen LogP contribution in [0.3, 0.4) is 0 Å². The van der Waals surface area contributed by atoms with Gasteiger partial charge >= 0.3 is 0 Å². The predicted octanol–water partition coefficient (Wildman–Crippen LogP) is 4.63. The lowest BCUT2D eigenvalue weighted by Crippen LogP contribution is -2.27. The van der Waals surface area contributed by atoms with Gasteiger partial charge in [0.15, 0.2) is 0 Å². The second kappa shape index (κ2) is 8.49. The number of nitrogens with zero attached hydrogens (tertiary/aromatic N) is 2. The average Bonchev–Trinajstić information content (AvgIpc) is 3.08. The van der Waals surface area contributed by atoms with Gasteiger partial charge in [-0.1, -0.05) is 60.7 Å². The Morgan fingerprint density at radius 2 is 1.74 bits per heavy atom. The number of hydrogen-bond donors (Lipinski definition) is 1. The summed E-state index contributed by atoms with van der Waals surface area (Å²) in [6.07, 6.45) is 3.93. The van der Waals surface area contributed by atoms with Crippen molar-refractivity contribution in [1.29, 1.82) is 0 Å². The van der Waals surface area contributed by atoms with Gasteiger partial charge in [-0.3, -0.25) is 9.48 Å². The molecule has 4 heteroatoms. The lowest BCUT2D eigenvalue weighted by Gasteiger charge is -2.15. The van der Waals surface area contributed by atoms with Crippen molar-refractivity contribution in [1.82, 2.24) is 15.1 Å². The van der Waals surface area contributed by atoms with Crippen LogP contribution in [0.25, 0.3) is 11.6 Å². The van der Waals surface area contributed by atoms with E-state index in [2.05, 4.69) is 17.3 Å². The van der Waals surface area contributed by atoms with Crippen LogP contribution in [0.15, 0.2) is 66.9 Å². The number of hydrogen-bond acceptors (Lipinski definition) is 2. The Bertz CT molecular complexity index is 927. The van der Waals surface area contributed by atoms with E-state index in [1.807, 2.05) is 91.5 Å². The van der Waals surface area contributed by atoms with Crippen molar-refractivity contribution in [3.05, 3.63) is 89.2 Å². The van der Waals surface area contributed by atoms with Crippen molar-refractivity contribution in [3.63, 3.8) is 0 Å². The van der Waals surface area contributed by atoms with Crippen molar-refractivity contribution >= 4 is 17.6 Å². The summed E-state index contributed by atoms with van der Waals surface area (Å²) < 4.78 is 1.89. The lowest BCUT2D eigenvalue weighted by molar-refractivity contribution is -0.116. The number of benzene rings is 2. The minimum absolute atomic E-state index is 0.0961. The maximum atomic E-state index is 13.1. The molecule has 0 aliphatic rings. The van der Waals surface area contributed by atoms with E-state index in [0.717, 1.165) is 28.9 Å². The Hall–Kier alpha value is -3.14. The van der Waals surface area contributed by atoms with Crippen LogP contribution >= 0.6 is 0 Å². The molecule has 0 saturated heterocycles. The van der Waals surface area contributed by atoms with Crippen molar-refractivity contribution < 1.29 is 4.79 Å². The number of rotatable bonds is 6. The van der Waals surface area contributed by atoms with Gasteiger partial charge in [0.25, 0.3) is 5.91 Å². The average molecular weight is 359 g/mol. The van der Waals surface area contributed by atoms with Crippen LogP contribution in [0, 0.1) is 6.92 Å². The van der Waals surface area contributed by atoms with E-state index < -0.39 is 0 Å².